The smallest absolute Gasteiger partial charge is 0.354 e. The lowest BCUT2D eigenvalue weighted by Gasteiger charge is -2.29. The molecule has 0 aliphatic heterocycles. The molecule has 0 fully saturated rings. The van der Waals surface area contributed by atoms with E-state index < -0.39 is 39.4 Å². The molecule has 2 aromatic carbocycles. The summed E-state index contributed by atoms with van der Waals surface area (Å²) in [5, 5.41) is 22.7. The van der Waals surface area contributed by atoms with Crippen molar-refractivity contribution >= 4 is 39.4 Å². The summed E-state index contributed by atoms with van der Waals surface area (Å²) < 4.78 is 28.3. The van der Waals surface area contributed by atoms with Gasteiger partial charge in [0.05, 0.1) is 24.5 Å². The molecule has 12 nitrogen and oxygen atoms in total. The van der Waals surface area contributed by atoms with Gasteiger partial charge in [-0.2, -0.15) is 8.42 Å². The number of aliphatic hydroxyl groups excluding tert-OH is 1. The van der Waals surface area contributed by atoms with Gasteiger partial charge in [0.15, 0.2) is 0 Å². The third kappa shape index (κ3) is 7.98. The van der Waals surface area contributed by atoms with Gasteiger partial charge in [-0.15, -0.1) is 0 Å². The molecule has 0 unspecified atom stereocenters. The molecule has 3 rings (SSSR count). The third-order valence-electron chi connectivity index (χ3n) is 6.26. The van der Waals surface area contributed by atoms with Crippen molar-refractivity contribution in [1.29, 1.82) is 5.41 Å². The lowest BCUT2D eigenvalue weighted by atomic mass is 9.87. The Morgan fingerprint density at radius 3 is 2.14 bits per heavy atom. The topological polar surface area (TPSA) is 202 Å². The highest BCUT2D eigenvalue weighted by atomic mass is 32.2. The maximum atomic E-state index is 13.4. The predicted molar refractivity (Wildman–Crippen MR) is 158 cm³/mol. The Kier molecular flexibility index (Phi) is 9.49. The normalized spacial score (nSPS) is 12.2. The van der Waals surface area contributed by atoms with Crippen LogP contribution in [-0.4, -0.2) is 61.0 Å². The van der Waals surface area contributed by atoms with Gasteiger partial charge in [-0.25, -0.2) is 9.78 Å². The van der Waals surface area contributed by atoms with E-state index in [1.807, 2.05) is 20.8 Å². The first-order chi connectivity index (χ1) is 19.5. The van der Waals surface area contributed by atoms with Crippen LogP contribution in [0.1, 0.15) is 63.2 Å². The summed E-state index contributed by atoms with van der Waals surface area (Å²) in [6.45, 7) is 6.84. The number of hydrogen-bond donors (Lipinski definition) is 5. The van der Waals surface area contributed by atoms with Gasteiger partial charge >= 0.3 is 16.1 Å². The second kappa shape index (κ2) is 12.5. The molecule has 222 valence electrons. The van der Waals surface area contributed by atoms with Gasteiger partial charge in [0.25, 0.3) is 11.8 Å². The maximum Gasteiger partial charge on any atom is 0.354 e. The fourth-order valence-corrected chi connectivity index (χ4v) is 4.28. The summed E-state index contributed by atoms with van der Waals surface area (Å²) in [6.07, 6.45) is 0.708. The Morgan fingerprint density at radius 2 is 1.60 bits per heavy atom. The number of nitrogen functional groups attached to an aromatic ring is 1. The number of benzene rings is 2. The molecule has 0 spiro atoms. The number of aromatic nitrogens is 1. The van der Waals surface area contributed by atoms with Gasteiger partial charge in [-0.3, -0.25) is 15.0 Å². The SMILES string of the molecule is Cc1ccc(-c2ccc(C(=O)N[C@H](CO)C(C)(C)C)cc2C(=O)OS(C)(=O)=O)c(C(=O)Nc2ccc(C(=N)N)cc2)n1. The van der Waals surface area contributed by atoms with Crippen LogP contribution in [0, 0.1) is 17.7 Å². The molecular weight excluding hydrogens is 562 g/mol. The van der Waals surface area contributed by atoms with Crippen LogP contribution in [0.4, 0.5) is 5.69 Å². The average Bonchev–Trinajstić information content (AvgIpc) is 2.89. The number of rotatable bonds is 9. The number of carbonyl (C=O) groups is 3. The first-order valence-electron chi connectivity index (χ1n) is 12.7. The van der Waals surface area contributed by atoms with Crippen LogP contribution in [0.2, 0.25) is 0 Å². The molecule has 6 N–H and O–H groups in total. The minimum Gasteiger partial charge on any atom is -0.394 e. The van der Waals surface area contributed by atoms with E-state index in [9.17, 15) is 27.9 Å². The molecular formula is C29H33N5O7S. The van der Waals surface area contributed by atoms with E-state index in [0.29, 0.717) is 23.2 Å². The minimum atomic E-state index is -4.23. The number of anilines is 1. The molecule has 0 aliphatic rings. The van der Waals surface area contributed by atoms with Gasteiger partial charge in [0.2, 0.25) is 0 Å². The lowest BCUT2D eigenvalue weighted by molar-refractivity contribution is 0.0748. The van der Waals surface area contributed by atoms with Crippen LogP contribution in [0.5, 0.6) is 0 Å². The Balaban J connectivity index is 2.10. The first kappa shape index (κ1) is 31.9. The van der Waals surface area contributed by atoms with E-state index in [0.717, 1.165) is 6.07 Å². The summed E-state index contributed by atoms with van der Waals surface area (Å²) in [6, 6.07) is 12.7. The number of hydrogen-bond acceptors (Lipinski definition) is 9. The molecule has 3 aromatic rings. The van der Waals surface area contributed by atoms with Gasteiger partial charge in [-0.1, -0.05) is 32.9 Å². The van der Waals surface area contributed by atoms with Crippen molar-refractivity contribution in [2.45, 2.75) is 33.7 Å². The molecule has 42 heavy (non-hydrogen) atoms. The summed E-state index contributed by atoms with van der Waals surface area (Å²) in [4.78, 5) is 43.9. The molecule has 1 heterocycles. The quantitative estimate of drug-likeness (QED) is 0.140. The lowest BCUT2D eigenvalue weighted by Crippen LogP contribution is -2.46. The number of nitrogens with one attached hydrogen (secondary N) is 3. The van der Waals surface area contributed by atoms with Crippen molar-refractivity contribution in [3.8, 4) is 11.1 Å². The molecule has 1 atom stereocenters. The molecule has 0 aliphatic carbocycles. The van der Waals surface area contributed by atoms with E-state index >= 15 is 0 Å². The Bertz CT molecular complexity index is 1650. The second-order valence-electron chi connectivity index (χ2n) is 10.7. The second-order valence-corrected chi connectivity index (χ2v) is 12.3. The average molecular weight is 596 g/mol. The van der Waals surface area contributed by atoms with Crippen molar-refractivity contribution in [1.82, 2.24) is 10.3 Å². The highest BCUT2D eigenvalue weighted by Gasteiger charge is 2.28. The summed E-state index contributed by atoms with van der Waals surface area (Å²) in [5.74, 6) is -2.64. The van der Waals surface area contributed by atoms with Gasteiger partial charge < -0.3 is 25.7 Å². The number of aryl methyl sites for hydroxylation is 1. The van der Waals surface area contributed by atoms with E-state index in [-0.39, 0.29) is 40.4 Å². The van der Waals surface area contributed by atoms with Crippen LogP contribution in [0.15, 0.2) is 54.6 Å². The van der Waals surface area contributed by atoms with E-state index in [1.165, 1.54) is 12.1 Å². The monoisotopic (exact) mass is 595 g/mol. The largest absolute Gasteiger partial charge is 0.394 e. The van der Waals surface area contributed by atoms with Crippen molar-refractivity contribution in [3.05, 3.63) is 82.7 Å². The maximum absolute atomic E-state index is 13.4. The van der Waals surface area contributed by atoms with E-state index in [4.69, 9.17) is 11.1 Å². The van der Waals surface area contributed by atoms with E-state index in [1.54, 1.807) is 43.3 Å². The Hall–Kier alpha value is -4.62. The summed E-state index contributed by atoms with van der Waals surface area (Å²) >= 11 is 0. The van der Waals surface area contributed by atoms with Crippen LogP contribution in [0.25, 0.3) is 11.1 Å². The van der Waals surface area contributed by atoms with E-state index in [2.05, 4.69) is 19.8 Å². The van der Waals surface area contributed by atoms with Crippen LogP contribution < -0.4 is 16.4 Å². The highest BCUT2D eigenvalue weighted by Crippen LogP contribution is 2.30. The number of aliphatic hydroxyl groups is 1. The van der Waals surface area contributed by atoms with Crippen molar-refractivity contribution in [3.63, 3.8) is 0 Å². The minimum absolute atomic E-state index is 0.00136. The Labute approximate surface area is 243 Å². The molecule has 1 aromatic heterocycles. The number of amides is 2. The standard InChI is InChI=1S/C29H33N5O7S/c1-16-6-12-21(24(32-16)27(37)33-19-10-7-17(8-11-19)25(30)31)20-13-9-18(14-22(20)28(38)41-42(5,39)40)26(36)34-23(15-35)29(2,3)4/h6-14,23,35H,15H2,1-5H3,(H3,30,31)(H,33,37)(H,34,36)/t23-/m1/s1. The number of nitrogens with two attached hydrogens (primary N) is 1. The zero-order valence-electron chi connectivity index (χ0n) is 23.8. The molecule has 0 radical (unpaired) electrons. The molecule has 0 saturated carbocycles. The third-order valence-corrected chi connectivity index (χ3v) is 6.71. The summed E-state index contributed by atoms with van der Waals surface area (Å²) in [7, 11) is -4.23. The van der Waals surface area contributed by atoms with Crippen molar-refractivity contribution in [2.75, 3.05) is 18.2 Å². The number of carbonyl (C=O) groups excluding carboxylic acids is 3. The first-order valence-corrected chi connectivity index (χ1v) is 14.5. The zero-order chi connectivity index (χ0) is 31.4. The molecule has 0 saturated heterocycles. The zero-order valence-corrected chi connectivity index (χ0v) is 24.6. The van der Waals surface area contributed by atoms with Gasteiger partial charge in [-0.05, 0) is 60.4 Å². The fraction of sp³-hybridized carbons (Fsp3) is 0.276. The predicted octanol–water partition coefficient (Wildman–Crippen LogP) is 2.85. The van der Waals surface area contributed by atoms with Crippen LogP contribution in [-0.2, 0) is 14.3 Å². The van der Waals surface area contributed by atoms with Crippen molar-refractivity contribution < 1.29 is 32.1 Å². The molecule has 0 bridgehead atoms. The molecule has 2 amide bonds. The molecule has 13 heteroatoms. The number of nitrogens with zero attached hydrogens (tertiary/aromatic N) is 1. The number of pyridine rings is 1. The Morgan fingerprint density at radius 1 is 1.00 bits per heavy atom. The van der Waals surface area contributed by atoms with Crippen LogP contribution >= 0.6 is 0 Å². The van der Waals surface area contributed by atoms with Crippen molar-refractivity contribution in [2.24, 2.45) is 11.1 Å². The summed E-state index contributed by atoms with van der Waals surface area (Å²) in [5.41, 5.74) is 6.25. The van der Waals surface area contributed by atoms with Gasteiger partial charge in [0.1, 0.15) is 11.5 Å². The fourth-order valence-electron chi connectivity index (χ4n) is 3.92. The van der Waals surface area contributed by atoms with Crippen LogP contribution in [0.3, 0.4) is 0 Å². The highest BCUT2D eigenvalue weighted by molar-refractivity contribution is 7.86. The number of amidine groups is 1. The van der Waals surface area contributed by atoms with Gasteiger partial charge in [0, 0.05) is 28.1 Å².